The maximum atomic E-state index is 13.1. The van der Waals surface area contributed by atoms with E-state index in [2.05, 4.69) is 10.3 Å². The molecule has 0 aliphatic carbocycles. The van der Waals surface area contributed by atoms with Crippen LogP contribution < -0.4 is 10.2 Å². The fourth-order valence-corrected chi connectivity index (χ4v) is 3.46. The van der Waals surface area contributed by atoms with Gasteiger partial charge in [-0.05, 0) is 41.5 Å². The minimum Gasteiger partial charge on any atom is -0.508 e. The molecule has 0 aliphatic rings. The summed E-state index contributed by atoms with van der Waals surface area (Å²) >= 11 is 12.0. The maximum Gasteiger partial charge on any atom is 0.292 e. The van der Waals surface area contributed by atoms with E-state index < -0.39 is 11.7 Å². The normalized spacial score (nSPS) is 10.6. The highest BCUT2D eigenvalue weighted by Gasteiger charge is 2.20. The first-order valence-electron chi connectivity index (χ1n) is 9.15. The van der Waals surface area contributed by atoms with E-state index in [4.69, 9.17) is 23.2 Å². The third-order valence-electron chi connectivity index (χ3n) is 4.50. The van der Waals surface area contributed by atoms with Gasteiger partial charge in [-0.2, -0.15) is 0 Å². The third kappa shape index (κ3) is 5.71. The van der Waals surface area contributed by atoms with Crippen LogP contribution in [0, 0.1) is 5.82 Å². The summed E-state index contributed by atoms with van der Waals surface area (Å²) in [5, 5.41) is 12.5. The van der Waals surface area contributed by atoms with Crippen molar-refractivity contribution in [1.82, 2.24) is 4.98 Å². The van der Waals surface area contributed by atoms with Gasteiger partial charge in [0.25, 0.3) is 5.91 Å². The maximum absolute atomic E-state index is 13.1. The third-order valence-corrected chi connectivity index (χ3v) is 5.08. The van der Waals surface area contributed by atoms with Crippen molar-refractivity contribution in [3.05, 3.63) is 81.8 Å². The molecule has 0 aliphatic heterocycles. The van der Waals surface area contributed by atoms with Gasteiger partial charge in [0.2, 0.25) is 5.78 Å². The summed E-state index contributed by atoms with van der Waals surface area (Å²) in [6, 6.07) is 10.6. The van der Waals surface area contributed by atoms with Gasteiger partial charge in [-0.25, -0.2) is 4.39 Å². The van der Waals surface area contributed by atoms with Crippen LogP contribution in [0.1, 0.15) is 11.1 Å². The molecule has 6 nitrogen and oxygen atoms in total. The Bertz CT molecular complexity index is 1100. The monoisotopic (exact) mass is 461 g/mol. The van der Waals surface area contributed by atoms with Crippen LogP contribution in [0.2, 0.25) is 10.0 Å². The Morgan fingerprint density at radius 3 is 2.39 bits per heavy atom. The van der Waals surface area contributed by atoms with E-state index in [1.54, 1.807) is 25.2 Å². The molecule has 160 valence electrons. The van der Waals surface area contributed by atoms with Gasteiger partial charge in [-0.1, -0.05) is 35.3 Å². The van der Waals surface area contributed by atoms with E-state index >= 15 is 0 Å². The van der Waals surface area contributed by atoms with Crippen molar-refractivity contribution >= 4 is 46.3 Å². The molecule has 9 heteroatoms. The molecular weight excluding hydrogens is 444 g/mol. The fourth-order valence-electron chi connectivity index (χ4n) is 3.00. The van der Waals surface area contributed by atoms with Crippen LogP contribution in [0.25, 0.3) is 0 Å². The average molecular weight is 462 g/mol. The second-order valence-corrected chi connectivity index (χ2v) is 7.64. The molecule has 0 saturated carbocycles. The zero-order valence-corrected chi connectivity index (χ0v) is 17.9. The summed E-state index contributed by atoms with van der Waals surface area (Å²) in [6.45, 7) is 0.431. The Hall–Kier alpha value is -3.16. The highest BCUT2D eigenvalue weighted by molar-refractivity contribution is 6.45. The van der Waals surface area contributed by atoms with Gasteiger partial charge < -0.3 is 15.3 Å². The lowest BCUT2D eigenvalue weighted by molar-refractivity contribution is -0.134. The van der Waals surface area contributed by atoms with Crippen LogP contribution in [-0.4, -0.2) is 28.8 Å². The van der Waals surface area contributed by atoms with E-state index in [0.717, 1.165) is 5.56 Å². The van der Waals surface area contributed by atoms with Crippen molar-refractivity contribution in [3.8, 4) is 5.75 Å². The van der Waals surface area contributed by atoms with Gasteiger partial charge in [-0.15, -0.1) is 0 Å². The Kier molecular flexibility index (Phi) is 7.09. The first-order chi connectivity index (χ1) is 14.7. The van der Waals surface area contributed by atoms with Gasteiger partial charge in [0.1, 0.15) is 11.6 Å². The lowest BCUT2D eigenvalue weighted by Gasteiger charge is -2.23. The summed E-state index contributed by atoms with van der Waals surface area (Å²) in [5.74, 6) is -2.01. The number of nitrogens with one attached hydrogen (secondary N) is 1. The number of phenols is 1. The lowest BCUT2D eigenvalue weighted by Crippen LogP contribution is -2.26. The van der Waals surface area contributed by atoms with E-state index in [0.29, 0.717) is 17.8 Å². The number of carbonyl (C=O) groups is 2. The predicted molar refractivity (Wildman–Crippen MR) is 118 cm³/mol. The molecule has 0 radical (unpaired) electrons. The molecule has 3 aromatic rings. The van der Waals surface area contributed by atoms with Gasteiger partial charge in [0, 0.05) is 38.1 Å². The molecule has 0 saturated heterocycles. The Morgan fingerprint density at radius 1 is 1.10 bits per heavy atom. The number of Topliss-reactive ketones (excluding diaryl/α,β-unsaturated/α-hetero) is 1. The summed E-state index contributed by atoms with van der Waals surface area (Å²) in [6.07, 6.45) is 2.33. The van der Waals surface area contributed by atoms with Crippen molar-refractivity contribution in [2.24, 2.45) is 0 Å². The minimum atomic E-state index is -0.898. The van der Waals surface area contributed by atoms with E-state index in [9.17, 15) is 19.1 Å². The molecule has 1 amide bonds. The first-order valence-corrected chi connectivity index (χ1v) is 9.91. The number of hydrogen-bond acceptors (Lipinski definition) is 5. The smallest absolute Gasteiger partial charge is 0.292 e. The number of aromatic hydroxyl groups is 1. The van der Waals surface area contributed by atoms with E-state index in [1.165, 1.54) is 36.7 Å². The molecule has 3 rings (SSSR count). The summed E-state index contributed by atoms with van der Waals surface area (Å²) in [7, 11) is 1.79. The number of halogens is 3. The molecule has 2 aromatic carbocycles. The molecule has 0 fully saturated rings. The molecule has 0 unspecified atom stereocenters. The van der Waals surface area contributed by atoms with Gasteiger partial charge in [0.05, 0.1) is 15.7 Å². The van der Waals surface area contributed by atoms with Crippen molar-refractivity contribution in [1.29, 1.82) is 0 Å². The molecule has 0 atom stereocenters. The first kappa shape index (κ1) is 22.5. The Morgan fingerprint density at radius 2 is 1.74 bits per heavy atom. The molecule has 31 heavy (non-hydrogen) atoms. The number of benzene rings is 2. The second-order valence-electron chi connectivity index (χ2n) is 6.83. The Balaban J connectivity index is 1.77. The molecule has 1 heterocycles. The van der Waals surface area contributed by atoms with Crippen molar-refractivity contribution in [3.63, 3.8) is 0 Å². The van der Waals surface area contributed by atoms with E-state index in [1.807, 2.05) is 4.90 Å². The molecule has 0 bridgehead atoms. The molecular formula is C22H18Cl2FN3O3. The van der Waals surface area contributed by atoms with E-state index in [-0.39, 0.29) is 33.7 Å². The number of ketones is 1. The standard InChI is InChI=1S/C22H18Cl2FN3O3/c1-28(12-13-2-4-15(25)5-3-13)19-7-6-16(29)8-14(19)9-20(30)22(31)27-21-17(23)10-26-11-18(21)24/h2-8,10-11,29H,9,12H2,1H3,(H,26,27,31). The van der Waals surface area contributed by atoms with Crippen molar-refractivity contribution in [2.45, 2.75) is 13.0 Å². The predicted octanol–water partition coefficient (Wildman–Crippen LogP) is 4.62. The van der Waals surface area contributed by atoms with Crippen LogP contribution in [0.15, 0.2) is 54.9 Å². The number of pyridine rings is 1. The van der Waals surface area contributed by atoms with Crippen LogP contribution >= 0.6 is 23.2 Å². The summed E-state index contributed by atoms with van der Waals surface area (Å²) in [5.41, 5.74) is 2.05. The number of amides is 1. The zero-order chi connectivity index (χ0) is 22.5. The largest absolute Gasteiger partial charge is 0.508 e. The lowest BCUT2D eigenvalue weighted by atomic mass is 10.0. The number of aromatic nitrogens is 1. The molecule has 2 N–H and O–H groups in total. The zero-order valence-electron chi connectivity index (χ0n) is 16.4. The minimum absolute atomic E-state index is 0.0395. The average Bonchev–Trinajstić information content (AvgIpc) is 2.72. The number of phenolic OH excluding ortho intramolecular Hbond substituents is 1. The van der Waals surface area contributed by atoms with Gasteiger partial charge in [-0.3, -0.25) is 14.6 Å². The quantitative estimate of drug-likeness (QED) is 0.501. The summed E-state index contributed by atoms with van der Waals surface area (Å²) < 4.78 is 13.1. The van der Waals surface area contributed by atoms with Gasteiger partial charge >= 0.3 is 0 Å². The molecule has 0 spiro atoms. The Labute approximate surface area is 188 Å². The van der Waals surface area contributed by atoms with Crippen molar-refractivity contribution < 1.29 is 19.1 Å². The number of hydrogen-bond donors (Lipinski definition) is 2. The molecule has 1 aromatic heterocycles. The van der Waals surface area contributed by atoms with Crippen LogP contribution in [0.3, 0.4) is 0 Å². The highest BCUT2D eigenvalue weighted by atomic mass is 35.5. The van der Waals surface area contributed by atoms with Crippen LogP contribution in [0.5, 0.6) is 5.75 Å². The number of nitrogens with zero attached hydrogens (tertiary/aromatic N) is 2. The SMILES string of the molecule is CN(Cc1ccc(F)cc1)c1ccc(O)cc1CC(=O)C(=O)Nc1c(Cl)cncc1Cl. The second kappa shape index (κ2) is 9.76. The number of rotatable bonds is 7. The van der Waals surface area contributed by atoms with Gasteiger partial charge in [0.15, 0.2) is 0 Å². The van der Waals surface area contributed by atoms with Crippen molar-refractivity contribution in [2.75, 3.05) is 17.3 Å². The number of carbonyl (C=O) groups excluding carboxylic acids is 2. The van der Waals surface area contributed by atoms with Crippen LogP contribution in [-0.2, 0) is 22.6 Å². The fraction of sp³-hybridized carbons (Fsp3) is 0.136. The number of anilines is 2. The summed E-state index contributed by atoms with van der Waals surface area (Å²) in [4.78, 5) is 30.6. The topological polar surface area (TPSA) is 82.5 Å². The highest BCUT2D eigenvalue weighted by Crippen LogP contribution is 2.29. The van der Waals surface area contributed by atoms with Crippen LogP contribution in [0.4, 0.5) is 15.8 Å².